The molecule has 0 radical (unpaired) electrons. The summed E-state index contributed by atoms with van der Waals surface area (Å²) in [6.45, 7) is 24.5. The molecule has 5 aliphatic rings. The van der Waals surface area contributed by atoms with Crippen molar-refractivity contribution >= 4 is 5.97 Å². The van der Waals surface area contributed by atoms with E-state index in [9.17, 15) is 9.90 Å². The SMILES string of the molecule is CO[C@@H]1C[C@@]23COCC(C)([C@H]1OC[C@](C)(N)C(C)C)[C@@H]2CC[C@H]1C3=CC[C@@]2(C)[C@H](C(=O)O)[C@@](C)([C@H](C)C(C)C)CC[C@]12C. The van der Waals surface area contributed by atoms with Gasteiger partial charge >= 0.3 is 5.97 Å². The zero-order valence-corrected chi connectivity index (χ0v) is 29.2. The van der Waals surface area contributed by atoms with Crippen molar-refractivity contribution in [2.75, 3.05) is 26.9 Å². The third kappa shape index (κ3) is 4.57. The fourth-order valence-corrected chi connectivity index (χ4v) is 11.5. The van der Waals surface area contributed by atoms with Crippen LogP contribution in [-0.2, 0) is 19.0 Å². The highest BCUT2D eigenvalue weighted by Gasteiger charge is 2.71. The summed E-state index contributed by atoms with van der Waals surface area (Å²) in [5.74, 6) is 0.907. The van der Waals surface area contributed by atoms with E-state index in [1.54, 1.807) is 5.57 Å². The summed E-state index contributed by atoms with van der Waals surface area (Å²) < 4.78 is 19.7. The number of allylic oxidation sites excluding steroid dienone is 1. The molecule has 12 atom stereocenters. The molecule has 1 unspecified atom stereocenters. The molecule has 0 spiro atoms. The Balaban J connectivity index is 1.55. The molecule has 3 saturated carbocycles. The van der Waals surface area contributed by atoms with Crippen molar-refractivity contribution in [2.45, 2.75) is 126 Å². The molecule has 5 rings (SSSR count). The number of nitrogens with two attached hydrogens (primary N) is 1. The Labute approximate surface area is 262 Å². The molecule has 3 N–H and O–H groups in total. The first-order valence-corrected chi connectivity index (χ1v) is 17.3. The molecular weight excluding hydrogens is 538 g/mol. The Kier molecular flexibility index (Phi) is 8.40. The lowest BCUT2D eigenvalue weighted by Crippen LogP contribution is -2.70. The van der Waals surface area contributed by atoms with Crippen LogP contribution in [0.3, 0.4) is 0 Å². The van der Waals surface area contributed by atoms with Crippen molar-refractivity contribution in [1.29, 1.82) is 0 Å². The highest BCUT2D eigenvalue weighted by atomic mass is 16.5. The summed E-state index contributed by atoms with van der Waals surface area (Å²) in [7, 11) is 1.84. The number of hydrogen-bond donors (Lipinski definition) is 2. The summed E-state index contributed by atoms with van der Waals surface area (Å²) in [5, 5.41) is 10.9. The van der Waals surface area contributed by atoms with E-state index in [-0.39, 0.29) is 45.2 Å². The van der Waals surface area contributed by atoms with E-state index in [2.05, 4.69) is 75.3 Å². The first kappa shape index (κ1) is 33.4. The molecule has 1 aliphatic heterocycles. The minimum absolute atomic E-state index is 0.0396. The van der Waals surface area contributed by atoms with Crippen molar-refractivity contribution in [1.82, 2.24) is 0 Å². The van der Waals surface area contributed by atoms with Crippen LogP contribution in [0, 0.1) is 62.6 Å². The molecular formula is C37H63NO5. The molecule has 0 aromatic rings. The summed E-state index contributed by atoms with van der Waals surface area (Å²) in [6.07, 6.45) is 8.36. The van der Waals surface area contributed by atoms with E-state index in [1.165, 1.54) is 0 Å². The van der Waals surface area contributed by atoms with Crippen molar-refractivity contribution in [2.24, 2.45) is 68.3 Å². The van der Waals surface area contributed by atoms with Crippen molar-refractivity contribution < 1.29 is 24.1 Å². The third-order valence-corrected chi connectivity index (χ3v) is 15.3. The number of ether oxygens (including phenoxy) is 3. The highest BCUT2D eigenvalue weighted by molar-refractivity contribution is 5.73. The number of methoxy groups -OCH3 is 1. The smallest absolute Gasteiger partial charge is 0.307 e. The monoisotopic (exact) mass is 601 g/mol. The van der Waals surface area contributed by atoms with Crippen LogP contribution in [0.5, 0.6) is 0 Å². The van der Waals surface area contributed by atoms with E-state index in [1.807, 2.05) is 7.11 Å². The van der Waals surface area contributed by atoms with Crippen LogP contribution in [0.25, 0.3) is 0 Å². The molecule has 1 heterocycles. The van der Waals surface area contributed by atoms with Gasteiger partial charge in [-0.15, -0.1) is 0 Å². The fourth-order valence-electron chi connectivity index (χ4n) is 11.5. The molecule has 4 aliphatic carbocycles. The van der Waals surface area contributed by atoms with Crippen LogP contribution in [0.15, 0.2) is 11.6 Å². The molecule has 6 heteroatoms. The Hall–Kier alpha value is -0.950. The zero-order valence-electron chi connectivity index (χ0n) is 29.2. The van der Waals surface area contributed by atoms with Gasteiger partial charge < -0.3 is 25.1 Å². The second kappa shape index (κ2) is 10.8. The average molecular weight is 602 g/mol. The van der Waals surface area contributed by atoms with Gasteiger partial charge in [0.25, 0.3) is 0 Å². The standard InChI is InChI=1S/C37H63NO5/c1-22(2)24(5)32(6)16-17-34(8)25-12-13-28-33(7)19-42-21-37(28,26(25)14-15-35(34,9)29(32)31(39)40)18-27(41-11)30(33)43-20-36(10,38)23(3)4/h14,22-25,27-30H,12-13,15-21,38H2,1-11H3,(H,39,40)/t24-,25+,27-,28+,29-,30+,32-,33?,34-,35+,36+,37+/m1/s1. The minimum atomic E-state index is -0.605. The molecule has 246 valence electrons. The van der Waals surface area contributed by atoms with Crippen LogP contribution in [0.2, 0.25) is 0 Å². The molecule has 0 aromatic heterocycles. The van der Waals surface area contributed by atoms with Crippen LogP contribution in [0.4, 0.5) is 0 Å². The van der Waals surface area contributed by atoms with Gasteiger partial charge in [-0.1, -0.05) is 74.0 Å². The zero-order chi connectivity index (χ0) is 32.0. The first-order chi connectivity index (χ1) is 19.9. The highest BCUT2D eigenvalue weighted by Crippen LogP contribution is 2.75. The van der Waals surface area contributed by atoms with Crippen LogP contribution in [0.1, 0.15) is 108 Å². The predicted molar refractivity (Wildman–Crippen MR) is 172 cm³/mol. The van der Waals surface area contributed by atoms with Crippen molar-refractivity contribution in [3.63, 3.8) is 0 Å². The fraction of sp³-hybridized carbons (Fsp3) is 0.919. The van der Waals surface area contributed by atoms with Crippen LogP contribution < -0.4 is 5.73 Å². The summed E-state index contributed by atoms with van der Waals surface area (Å²) >= 11 is 0. The Morgan fingerprint density at radius 3 is 2.35 bits per heavy atom. The average Bonchev–Trinajstić information content (AvgIpc) is 2.91. The maximum Gasteiger partial charge on any atom is 0.307 e. The van der Waals surface area contributed by atoms with Crippen molar-refractivity contribution in [3.8, 4) is 0 Å². The number of carboxylic acids is 1. The number of fused-ring (bicyclic) bond motifs is 3. The lowest BCUT2D eigenvalue weighted by atomic mass is 9.34. The van der Waals surface area contributed by atoms with Gasteiger partial charge in [0.05, 0.1) is 37.9 Å². The quantitative estimate of drug-likeness (QED) is 0.283. The molecule has 2 bridgehead atoms. The normalized spacial score (nSPS) is 48.0. The Morgan fingerprint density at radius 2 is 1.77 bits per heavy atom. The number of hydrogen-bond acceptors (Lipinski definition) is 5. The van der Waals surface area contributed by atoms with E-state index in [4.69, 9.17) is 19.9 Å². The molecule has 6 nitrogen and oxygen atoms in total. The molecule has 4 fully saturated rings. The Morgan fingerprint density at radius 1 is 1.09 bits per heavy atom. The lowest BCUT2D eigenvalue weighted by Gasteiger charge is -2.71. The summed E-state index contributed by atoms with van der Waals surface area (Å²) in [6, 6.07) is 0. The van der Waals surface area contributed by atoms with Crippen molar-refractivity contribution in [3.05, 3.63) is 11.6 Å². The number of aliphatic carboxylic acids is 1. The molecule has 0 amide bonds. The molecule has 0 aromatic carbocycles. The predicted octanol–water partition coefficient (Wildman–Crippen LogP) is 7.35. The van der Waals surface area contributed by atoms with Gasteiger partial charge in [0, 0.05) is 23.5 Å². The topological polar surface area (TPSA) is 91.0 Å². The largest absolute Gasteiger partial charge is 0.481 e. The number of rotatable bonds is 8. The minimum Gasteiger partial charge on any atom is -0.481 e. The van der Waals surface area contributed by atoms with E-state index >= 15 is 0 Å². The molecule has 43 heavy (non-hydrogen) atoms. The summed E-state index contributed by atoms with van der Waals surface area (Å²) in [5.41, 5.74) is 6.91. The van der Waals surface area contributed by atoms with Gasteiger partial charge in [-0.05, 0) is 91.3 Å². The van der Waals surface area contributed by atoms with Crippen LogP contribution >= 0.6 is 0 Å². The maximum atomic E-state index is 13.3. The second-order valence-electron chi connectivity index (χ2n) is 17.7. The van der Waals surface area contributed by atoms with Gasteiger partial charge in [-0.3, -0.25) is 4.79 Å². The van der Waals surface area contributed by atoms with E-state index < -0.39 is 11.5 Å². The number of carbonyl (C=O) groups is 1. The van der Waals surface area contributed by atoms with Gasteiger partial charge in [0.1, 0.15) is 0 Å². The molecule has 1 saturated heterocycles. The maximum absolute atomic E-state index is 13.3. The lowest BCUT2D eigenvalue weighted by molar-refractivity contribution is -0.269. The van der Waals surface area contributed by atoms with Gasteiger partial charge in [-0.25, -0.2) is 0 Å². The summed E-state index contributed by atoms with van der Waals surface area (Å²) in [4.78, 5) is 13.3. The Bertz CT molecular complexity index is 1120. The third-order valence-electron chi connectivity index (χ3n) is 15.3. The second-order valence-corrected chi connectivity index (χ2v) is 17.7. The van der Waals surface area contributed by atoms with E-state index in [0.717, 1.165) is 45.1 Å². The van der Waals surface area contributed by atoms with E-state index in [0.29, 0.717) is 42.8 Å². The first-order valence-electron chi connectivity index (χ1n) is 17.3. The van der Waals surface area contributed by atoms with Gasteiger partial charge in [-0.2, -0.15) is 0 Å². The van der Waals surface area contributed by atoms with Crippen LogP contribution in [-0.4, -0.2) is 55.8 Å². The van der Waals surface area contributed by atoms with Gasteiger partial charge in [0.2, 0.25) is 0 Å². The van der Waals surface area contributed by atoms with Gasteiger partial charge in [0.15, 0.2) is 0 Å². The number of carboxylic acid groups (broad SMARTS) is 1.